The fraction of sp³-hybridized carbons (Fsp3) is 0.455. The zero-order valence-electron chi connectivity index (χ0n) is 34.6. The number of carbonyl (C=O) groups excluding carboxylic acids is 1. The van der Waals surface area contributed by atoms with Crippen molar-refractivity contribution in [2.45, 2.75) is 70.1 Å². The molecule has 2 fully saturated rings. The van der Waals surface area contributed by atoms with E-state index < -0.39 is 37.9 Å². The number of H-pyrrole nitrogens is 1. The number of hydrogen-bond acceptors (Lipinski definition) is 11. The fourth-order valence-corrected chi connectivity index (χ4v) is 9.24. The molecule has 0 radical (unpaired) electrons. The molecule has 2 aliphatic heterocycles. The summed E-state index contributed by atoms with van der Waals surface area (Å²) in [5.74, 6) is -0.317. The molecule has 4 aromatic rings. The zero-order valence-corrected chi connectivity index (χ0v) is 35.4. The van der Waals surface area contributed by atoms with E-state index in [1.165, 1.54) is 30.0 Å². The number of nitro benzene ring substituents is 1. The van der Waals surface area contributed by atoms with Crippen molar-refractivity contribution < 1.29 is 36.4 Å². The van der Waals surface area contributed by atoms with Gasteiger partial charge in [-0.3, -0.25) is 19.8 Å². The Kier molecular flexibility index (Phi) is 13.4. The molecule has 2 saturated heterocycles. The molecule has 0 atom stereocenters. The number of alkyl halides is 2. The molecule has 14 nitrogen and oxygen atoms in total. The predicted molar refractivity (Wildman–Crippen MR) is 230 cm³/mol. The van der Waals surface area contributed by atoms with Crippen LogP contribution in [0.2, 0.25) is 0 Å². The van der Waals surface area contributed by atoms with Crippen LogP contribution in [0.5, 0.6) is 11.5 Å². The van der Waals surface area contributed by atoms with E-state index in [0.29, 0.717) is 44.2 Å². The lowest BCUT2D eigenvalue weighted by Crippen LogP contribution is -2.47. The molecule has 2 aromatic carbocycles. The van der Waals surface area contributed by atoms with Crippen LogP contribution in [0.4, 0.5) is 25.8 Å². The molecule has 1 amide bonds. The lowest BCUT2D eigenvalue weighted by molar-refractivity contribution is -0.384. The van der Waals surface area contributed by atoms with Crippen LogP contribution < -0.4 is 19.7 Å². The topological polar surface area (TPSA) is 172 Å². The minimum atomic E-state index is -4.58. The molecule has 0 bridgehead atoms. The Morgan fingerprint density at radius 3 is 2.62 bits per heavy atom. The number of halogens is 2. The van der Waals surface area contributed by atoms with Crippen molar-refractivity contribution in [3.63, 3.8) is 0 Å². The van der Waals surface area contributed by atoms with Gasteiger partial charge in [0.25, 0.3) is 21.6 Å². The van der Waals surface area contributed by atoms with Gasteiger partial charge in [0.15, 0.2) is 0 Å². The van der Waals surface area contributed by atoms with Crippen molar-refractivity contribution in [1.82, 2.24) is 19.6 Å². The van der Waals surface area contributed by atoms with Gasteiger partial charge in [0, 0.05) is 88.3 Å². The number of nitrogens with one attached hydrogen (secondary N) is 3. The maximum atomic E-state index is 13.9. The van der Waals surface area contributed by atoms with E-state index in [9.17, 15) is 32.1 Å². The van der Waals surface area contributed by atoms with Gasteiger partial charge in [0.05, 0.1) is 21.6 Å². The second-order valence-corrected chi connectivity index (χ2v) is 18.6. The Hall–Kier alpha value is -5.39. The van der Waals surface area contributed by atoms with Gasteiger partial charge < -0.3 is 24.7 Å². The highest BCUT2D eigenvalue weighted by Crippen LogP contribution is 2.42. The third kappa shape index (κ3) is 10.9. The van der Waals surface area contributed by atoms with Gasteiger partial charge in [-0.2, -0.15) is 0 Å². The number of aromatic nitrogens is 2. The maximum absolute atomic E-state index is 13.9. The molecule has 0 unspecified atom stereocenters. The minimum absolute atomic E-state index is 0.0730. The number of nitro groups is 1. The Labute approximate surface area is 354 Å². The van der Waals surface area contributed by atoms with Crippen LogP contribution in [0, 0.1) is 21.4 Å². The highest BCUT2D eigenvalue weighted by atomic mass is 32.2. The molecular formula is C44H53F2N7O7S. The van der Waals surface area contributed by atoms with Crippen molar-refractivity contribution >= 4 is 44.0 Å². The van der Waals surface area contributed by atoms with E-state index in [0.717, 1.165) is 80.0 Å². The number of pyridine rings is 1. The fourth-order valence-electron chi connectivity index (χ4n) is 8.25. The number of piperazine rings is 1. The lowest BCUT2D eigenvalue weighted by atomic mass is 9.72. The first-order valence-corrected chi connectivity index (χ1v) is 22.2. The molecule has 4 heterocycles. The van der Waals surface area contributed by atoms with Gasteiger partial charge >= 0.3 is 0 Å². The van der Waals surface area contributed by atoms with Crippen LogP contribution in [-0.2, 0) is 14.8 Å². The summed E-state index contributed by atoms with van der Waals surface area (Å²) in [5, 5.41) is 15.9. The van der Waals surface area contributed by atoms with E-state index in [4.69, 9.17) is 9.47 Å². The van der Waals surface area contributed by atoms with Crippen LogP contribution in [-0.4, -0.2) is 93.0 Å². The average Bonchev–Trinajstić information content (AvgIpc) is 3.71. The number of carbonyl (C=O) groups is 1. The number of sulfonamides is 1. The summed E-state index contributed by atoms with van der Waals surface area (Å²) < 4.78 is 67.2. The second-order valence-electron chi connectivity index (χ2n) is 16.9. The van der Waals surface area contributed by atoms with Crippen LogP contribution in [0.1, 0.15) is 69.2 Å². The van der Waals surface area contributed by atoms with Crippen LogP contribution in [0.3, 0.4) is 0 Å². The number of aromatic amines is 1. The predicted octanol–water partition coefficient (Wildman–Crippen LogP) is 8.45. The lowest BCUT2D eigenvalue weighted by Gasteiger charge is -2.39. The second kappa shape index (κ2) is 18.7. The number of hydrogen-bond donors (Lipinski definition) is 3. The Morgan fingerprint density at radius 1 is 1.11 bits per heavy atom. The highest BCUT2D eigenvalue weighted by molar-refractivity contribution is 7.90. The van der Waals surface area contributed by atoms with Gasteiger partial charge in [-0.05, 0) is 91.8 Å². The smallest absolute Gasteiger partial charge is 0.293 e. The highest BCUT2D eigenvalue weighted by Gasteiger charge is 2.31. The monoisotopic (exact) mass is 861 g/mol. The first-order chi connectivity index (χ1) is 29.1. The summed E-state index contributed by atoms with van der Waals surface area (Å²) in [4.78, 5) is 36.8. The first kappa shape index (κ1) is 43.7. The quantitative estimate of drug-likeness (QED) is 0.0729. The number of fused-ring (bicyclic) bond motifs is 1. The molecule has 1 aliphatic carbocycles. The molecule has 0 saturated carbocycles. The number of benzene rings is 2. The maximum Gasteiger partial charge on any atom is 0.293 e. The summed E-state index contributed by atoms with van der Waals surface area (Å²) in [6.45, 7) is 13.8. The molecule has 3 N–H and O–H groups in total. The number of anilines is 2. The number of nitrogens with zero attached hydrogens (tertiary/aromatic N) is 4. The van der Waals surface area contributed by atoms with Crippen LogP contribution in [0.15, 0.2) is 89.1 Å². The van der Waals surface area contributed by atoms with Crippen molar-refractivity contribution in [2.24, 2.45) is 11.3 Å². The summed E-state index contributed by atoms with van der Waals surface area (Å²) in [5.41, 5.74) is 4.36. The van der Waals surface area contributed by atoms with Crippen molar-refractivity contribution in [3.05, 3.63) is 99.9 Å². The van der Waals surface area contributed by atoms with Crippen molar-refractivity contribution in [3.8, 4) is 11.5 Å². The molecule has 61 heavy (non-hydrogen) atoms. The SMILES string of the molecule is C=C(CCC(F)F)C1=C(CN2CCN(c3ccc(C(=O)NS(=O)(=O)c4ccc(NCC5CCOCC5)c([N+](=O)[O-])c4)c(Oc4cnc5[nH]ccc5c4)c3)CC2)CCC(C)(C)C1. The Bertz CT molecular complexity index is 2410. The first-order valence-electron chi connectivity index (χ1n) is 20.7. The third-order valence-electron chi connectivity index (χ3n) is 11.9. The van der Waals surface area contributed by atoms with Crippen molar-refractivity contribution in [1.29, 1.82) is 0 Å². The molecule has 7 rings (SSSR count). The summed E-state index contributed by atoms with van der Waals surface area (Å²) in [6, 6.07) is 12.0. The molecule has 17 heteroatoms. The van der Waals surface area contributed by atoms with Crippen LogP contribution >= 0.6 is 0 Å². The number of allylic oxidation sites excluding steroid dienone is 2. The van der Waals surface area contributed by atoms with E-state index in [1.54, 1.807) is 24.4 Å². The molecule has 0 spiro atoms. The Balaban J connectivity index is 1.08. The molecule has 326 valence electrons. The van der Waals surface area contributed by atoms with Gasteiger partial charge in [0.2, 0.25) is 6.43 Å². The molecule has 3 aliphatic rings. The van der Waals surface area contributed by atoms with Gasteiger partial charge in [-0.25, -0.2) is 26.9 Å². The standard InChI is InChI=1S/C44H53F2N7O7S/c1-29(4-9-41(45)46)37-25-44(2,3)14-10-32(37)28-51-16-18-52(19-17-51)33-5-7-36(40(23-33)60-34-22-31-11-15-47-42(31)49-27-34)43(54)50-61(57,58)35-6-8-38(39(24-35)53(55)56)48-26-30-12-20-59-21-13-30/h5-8,11,15,22-24,27,30,41,48H,1,4,9-10,12-14,16-21,25-26,28H2,2-3H3,(H,47,49)(H,50,54). The Morgan fingerprint density at radius 2 is 1.89 bits per heavy atom. The molecular weight excluding hydrogens is 809 g/mol. The number of amides is 1. The van der Waals surface area contributed by atoms with Crippen molar-refractivity contribution in [2.75, 3.05) is 62.7 Å². The van der Waals surface area contributed by atoms with E-state index in [1.807, 2.05) is 6.07 Å². The van der Waals surface area contributed by atoms with Gasteiger partial charge in [-0.15, -0.1) is 0 Å². The normalized spacial score (nSPS) is 17.8. The van der Waals surface area contributed by atoms with E-state index in [-0.39, 0.29) is 41.2 Å². The zero-order chi connectivity index (χ0) is 43.3. The summed E-state index contributed by atoms with van der Waals surface area (Å²) >= 11 is 0. The van der Waals surface area contributed by atoms with Crippen LogP contribution in [0.25, 0.3) is 11.0 Å². The average molecular weight is 862 g/mol. The van der Waals surface area contributed by atoms with Gasteiger partial charge in [-0.1, -0.05) is 31.6 Å². The number of rotatable bonds is 16. The minimum Gasteiger partial charge on any atom is -0.455 e. The summed E-state index contributed by atoms with van der Waals surface area (Å²) in [6.07, 6.45) is 5.32. The number of ether oxygens (including phenoxy) is 2. The molecule has 2 aromatic heterocycles. The third-order valence-corrected chi connectivity index (χ3v) is 13.2. The van der Waals surface area contributed by atoms with E-state index >= 15 is 0 Å². The van der Waals surface area contributed by atoms with Gasteiger partial charge in [0.1, 0.15) is 22.8 Å². The largest absolute Gasteiger partial charge is 0.455 e. The summed E-state index contributed by atoms with van der Waals surface area (Å²) in [7, 11) is -4.58. The van der Waals surface area contributed by atoms with E-state index in [2.05, 4.69) is 50.2 Å².